The van der Waals surface area contributed by atoms with Gasteiger partial charge in [0.15, 0.2) is 0 Å². The molecule has 1 aromatic rings. The molecule has 1 saturated heterocycles. The Balaban J connectivity index is 1.47. The molecule has 2 amide bonds. The number of carbonyl (C=O) groups excluding carboxylic acids is 2. The van der Waals surface area contributed by atoms with Crippen LogP contribution in [0.2, 0.25) is 0 Å². The highest BCUT2D eigenvalue weighted by molar-refractivity contribution is 5.91. The first kappa shape index (κ1) is 24.7. The van der Waals surface area contributed by atoms with Gasteiger partial charge in [-0.25, -0.2) is 9.97 Å². The first-order valence-corrected chi connectivity index (χ1v) is 11.0. The first-order chi connectivity index (χ1) is 15.5. The van der Waals surface area contributed by atoms with Crippen LogP contribution in [0.3, 0.4) is 0 Å². The van der Waals surface area contributed by atoms with Crippen LogP contribution in [0.1, 0.15) is 49.7 Å². The van der Waals surface area contributed by atoms with Crippen molar-refractivity contribution in [2.45, 2.75) is 64.2 Å². The number of halogens is 3. The molecular formula is C21H30F3N7O2. The van der Waals surface area contributed by atoms with E-state index < -0.39 is 24.1 Å². The van der Waals surface area contributed by atoms with Crippen LogP contribution < -0.4 is 11.1 Å². The van der Waals surface area contributed by atoms with Crippen LogP contribution in [-0.2, 0) is 22.2 Å². The number of nitrogen functional groups attached to an aromatic ring is 1. The summed E-state index contributed by atoms with van der Waals surface area (Å²) >= 11 is 0. The topological polar surface area (TPSA) is 117 Å². The Labute approximate surface area is 190 Å². The zero-order chi connectivity index (χ0) is 24.3. The molecule has 0 aliphatic carbocycles. The monoisotopic (exact) mass is 469 g/mol. The van der Waals surface area contributed by atoms with Gasteiger partial charge in [0.1, 0.15) is 17.9 Å². The molecule has 1 fully saturated rings. The third-order valence-corrected chi connectivity index (χ3v) is 6.30. The molecule has 182 valence electrons. The van der Waals surface area contributed by atoms with Crippen molar-refractivity contribution in [2.24, 2.45) is 11.0 Å². The molecule has 0 aromatic carbocycles. The number of hydrazone groups is 1. The molecule has 33 heavy (non-hydrogen) atoms. The maximum Gasteiger partial charge on any atom is 0.451 e. The van der Waals surface area contributed by atoms with E-state index in [9.17, 15) is 22.8 Å². The van der Waals surface area contributed by atoms with Crippen molar-refractivity contribution in [3.05, 3.63) is 17.1 Å². The van der Waals surface area contributed by atoms with E-state index in [1.54, 1.807) is 30.1 Å². The Morgan fingerprint density at radius 1 is 1.27 bits per heavy atom. The summed E-state index contributed by atoms with van der Waals surface area (Å²) in [5.74, 6) is -1.40. The maximum absolute atomic E-state index is 12.8. The highest BCUT2D eigenvalue weighted by Gasteiger charge is 2.36. The van der Waals surface area contributed by atoms with E-state index in [2.05, 4.69) is 20.4 Å². The van der Waals surface area contributed by atoms with Crippen LogP contribution in [-0.4, -0.2) is 70.1 Å². The lowest BCUT2D eigenvalue weighted by Gasteiger charge is -2.34. The maximum atomic E-state index is 12.8. The molecule has 0 bridgehead atoms. The number of aryl methyl sites for hydroxylation is 1. The highest BCUT2D eigenvalue weighted by Crippen LogP contribution is 2.30. The van der Waals surface area contributed by atoms with Gasteiger partial charge in [-0.05, 0) is 45.4 Å². The average Bonchev–Trinajstić information content (AvgIpc) is 3.18. The molecule has 1 aromatic heterocycles. The fourth-order valence-corrected chi connectivity index (χ4v) is 4.28. The smallest absolute Gasteiger partial charge is 0.383 e. The van der Waals surface area contributed by atoms with E-state index in [4.69, 9.17) is 5.73 Å². The number of rotatable bonds is 6. The lowest BCUT2D eigenvalue weighted by atomic mass is 9.90. The van der Waals surface area contributed by atoms with Gasteiger partial charge in [-0.1, -0.05) is 0 Å². The average molecular weight is 470 g/mol. The number of carbonyl (C=O) groups is 2. The van der Waals surface area contributed by atoms with Crippen LogP contribution in [0, 0.1) is 12.8 Å². The van der Waals surface area contributed by atoms with Crippen LogP contribution in [0.25, 0.3) is 0 Å². The summed E-state index contributed by atoms with van der Waals surface area (Å²) in [6.07, 6.45) is 0.308. The van der Waals surface area contributed by atoms with Gasteiger partial charge in [0.05, 0.1) is 0 Å². The van der Waals surface area contributed by atoms with Crippen molar-refractivity contribution in [1.29, 1.82) is 0 Å². The van der Waals surface area contributed by atoms with E-state index in [-0.39, 0.29) is 23.3 Å². The van der Waals surface area contributed by atoms with Gasteiger partial charge in [0, 0.05) is 44.0 Å². The Hall–Kier alpha value is -2.92. The minimum atomic E-state index is -4.63. The Morgan fingerprint density at radius 2 is 1.94 bits per heavy atom. The molecule has 2 aliphatic heterocycles. The fourth-order valence-electron chi connectivity index (χ4n) is 4.28. The third kappa shape index (κ3) is 5.91. The number of likely N-dealkylation sites (N-methyl/N-ethyl adjacent to an activating group) is 1. The second-order valence-electron chi connectivity index (χ2n) is 8.66. The van der Waals surface area contributed by atoms with E-state index in [0.717, 1.165) is 19.3 Å². The van der Waals surface area contributed by atoms with Gasteiger partial charge in [0.25, 0.3) is 0 Å². The van der Waals surface area contributed by atoms with Gasteiger partial charge in [-0.15, -0.1) is 0 Å². The van der Waals surface area contributed by atoms with E-state index in [0.29, 0.717) is 37.4 Å². The first-order valence-electron chi connectivity index (χ1n) is 11.0. The highest BCUT2D eigenvalue weighted by atomic mass is 19.4. The Morgan fingerprint density at radius 3 is 2.48 bits per heavy atom. The number of anilines is 1. The van der Waals surface area contributed by atoms with Gasteiger partial charge in [0.2, 0.25) is 17.6 Å². The van der Waals surface area contributed by atoms with E-state index in [1.807, 2.05) is 0 Å². The van der Waals surface area contributed by atoms with Crippen molar-refractivity contribution in [3.8, 4) is 0 Å². The number of likely N-dealkylation sites (tertiary alicyclic amines) is 1. The number of hydrogen-bond acceptors (Lipinski definition) is 7. The van der Waals surface area contributed by atoms with Crippen LogP contribution in [0.4, 0.5) is 19.0 Å². The predicted molar refractivity (Wildman–Crippen MR) is 116 cm³/mol. The summed E-state index contributed by atoms with van der Waals surface area (Å²) in [6, 6.07) is -1.02. The minimum Gasteiger partial charge on any atom is -0.383 e. The van der Waals surface area contributed by atoms with Crippen LogP contribution >= 0.6 is 0 Å². The molecule has 0 spiro atoms. The Bertz CT molecular complexity index is 891. The normalized spacial score (nSPS) is 20.2. The van der Waals surface area contributed by atoms with Crippen molar-refractivity contribution in [3.63, 3.8) is 0 Å². The molecule has 9 nitrogen and oxygen atoms in total. The molecule has 0 saturated carbocycles. The summed E-state index contributed by atoms with van der Waals surface area (Å²) in [7, 11) is 1.72. The molecular weight excluding hydrogens is 439 g/mol. The minimum absolute atomic E-state index is 0.125. The zero-order valence-corrected chi connectivity index (χ0v) is 19.0. The molecule has 3 rings (SSSR count). The summed E-state index contributed by atoms with van der Waals surface area (Å²) in [5.41, 5.74) is 6.56. The van der Waals surface area contributed by atoms with Crippen molar-refractivity contribution < 1.29 is 22.8 Å². The summed E-state index contributed by atoms with van der Waals surface area (Å²) < 4.78 is 38.5. The van der Waals surface area contributed by atoms with Crippen molar-refractivity contribution in [1.82, 2.24) is 25.2 Å². The number of nitrogens with two attached hydrogens (primary N) is 1. The quantitative estimate of drug-likeness (QED) is 0.656. The lowest BCUT2D eigenvalue weighted by Crippen LogP contribution is -2.52. The molecule has 3 N–H and O–H groups in total. The number of aromatic nitrogens is 2. The van der Waals surface area contributed by atoms with Gasteiger partial charge in [-0.3, -0.25) is 14.6 Å². The number of hydrogen-bond donors (Lipinski definition) is 2. The molecule has 3 heterocycles. The summed E-state index contributed by atoms with van der Waals surface area (Å²) in [4.78, 5) is 33.9. The van der Waals surface area contributed by atoms with Crippen LogP contribution in [0.5, 0.6) is 0 Å². The molecule has 2 aliphatic rings. The van der Waals surface area contributed by atoms with Crippen molar-refractivity contribution >= 4 is 23.8 Å². The largest absolute Gasteiger partial charge is 0.451 e. The zero-order valence-electron chi connectivity index (χ0n) is 19.0. The number of piperidine rings is 1. The molecule has 1 unspecified atom stereocenters. The lowest BCUT2D eigenvalue weighted by molar-refractivity contribution is -0.145. The number of nitrogens with one attached hydrogen (secondary N) is 1. The third-order valence-electron chi connectivity index (χ3n) is 6.30. The number of alkyl halides is 3. The summed E-state index contributed by atoms with van der Waals surface area (Å²) in [5, 5.41) is 8.39. The van der Waals surface area contributed by atoms with E-state index in [1.165, 1.54) is 6.92 Å². The van der Waals surface area contributed by atoms with E-state index >= 15 is 0 Å². The van der Waals surface area contributed by atoms with Crippen molar-refractivity contribution in [2.75, 3.05) is 25.9 Å². The predicted octanol–water partition coefficient (Wildman–Crippen LogP) is 1.75. The number of nitrogens with zero attached hydrogens (tertiary/aromatic N) is 5. The summed E-state index contributed by atoms with van der Waals surface area (Å²) in [6.45, 7) is 4.32. The SMILES string of the molecule is Cc1nc(C(F)(F)F)nc(N)c1CCC1CCN(C(=O)[C@H](C)NC(=O)C2CC=NN2C)CC1. The second kappa shape index (κ2) is 9.92. The molecule has 2 atom stereocenters. The van der Waals surface area contributed by atoms with Gasteiger partial charge < -0.3 is 16.0 Å². The standard InChI is InChI=1S/C21H30F3N7O2/c1-12-15(17(25)29-20(28-12)21(22,23)24)5-4-14-7-10-31(11-8-14)19(33)13(2)27-18(32)16-6-9-26-30(16)3/h9,13-14,16H,4-8,10-11H2,1-3H3,(H,27,32)(H2,25,28,29)/t13-,16?/m0/s1. The molecule has 0 radical (unpaired) electrons. The number of amides is 2. The van der Waals surface area contributed by atoms with Gasteiger partial charge >= 0.3 is 6.18 Å². The van der Waals surface area contributed by atoms with Gasteiger partial charge in [-0.2, -0.15) is 18.3 Å². The van der Waals surface area contributed by atoms with Crippen LogP contribution in [0.15, 0.2) is 5.10 Å². The fraction of sp³-hybridized carbons (Fsp3) is 0.667. The second-order valence-corrected chi connectivity index (χ2v) is 8.66. The Kier molecular flexibility index (Phi) is 7.43. The molecule has 12 heteroatoms.